The molecule has 0 aromatic carbocycles. The van der Waals surface area contributed by atoms with Gasteiger partial charge in [0.1, 0.15) is 9.90 Å². The van der Waals surface area contributed by atoms with Crippen molar-refractivity contribution in [2.75, 3.05) is 23.7 Å². The number of nitrogens with two attached hydrogens (primary N) is 1. The van der Waals surface area contributed by atoms with Crippen LogP contribution in [-0.4, -0.2) is 41.8 Å². The molecule has 3 N–H and O–H groups in total. The number of anilines is 2. The van der Waals surface area contributed by atoms with Crippen molar-refractivity contribution in [2.24, 2.45) is 0 Å². The average Bonchev–Trinajstić information content (AvgIpc) is 3.14. The molecule has 0 atom stereocenters. The van der Waals surface area contributed by atoms with E-state index in [1.165, 1.54) is 0 Å². The van der Waals surface area contributed by atoms with E-state index in [0.717, 1.165) is 11.5 Å². The van der Waals surface area contributed by atoms with E-state index in [1.807, 2.05) is 11.8 Å². The summed E-state index contributed by atoms with van der Waals surface area (Å²) >= 11 is 1.15. The standard InChI is InChI=1S/C12H19N3O3S2/c1-12(16)4-6-15(7-5-12)11-9(10(13)14-19-11)20(17,18)8-2-3-8/h8,16H,2-7H2,1H3,(H2,13,14). The van der Waals surface area contributed by atoms with Crippen LogP contribution in [0.25, 0.3) is 0 Å². The van der Waals surface area contributed by atoms with E-state index in [-0.39, 0.29) is 16.0 Å². The van der Waals surface area contributed by atoms with E-state index in [2.05, 4.69) is 4.37 Å². The van der Waals surface area contributed by atoms with Gasteiger partial charge < -0.3 is 15.7 Å². The topological polar surface area (TPSA) is 96.5 Å². The van der Waals surface area contributed by atoms with Gasteiger partial charge in [-0.1, -0.05) is 0 Å². The Kier molecular flexibility index (Phi) is 3.22. The zero-order chi connectivity index (χ0) is 14.5. The predicted octanol–water partition coefficient (Wildman–Crippen LogP) is 1.01. The first kappa shape index (κ1) is 14.1. The van der Waals surface area contributed by atoms with E-state index in [1.54, 1.807) is 0 Å². The van der Waals surface area contributed by atoms with Crippen LogP contribution in [-0.2, 0) is 9.84 Å². The Bertz CT molecular complexity index is 610. The van der Waals surface area contributed by atoms with E-state index >= 15 is 0 Å². The van der Waals surface area contributed by atoms with Gasteiger partial charge in [0, 0.05) is 13.1 Å². The Hall–Kier alpha value is -0.860. The Morgan fingerprint density at radius 2 is 2.00 bits per heavy atom. The minimum absolute atomic E-state index is 0.120. The van der Waals surface area contributed by atoms with Gasteiger partial charge in [0.15, 0.2) is 15.7 Å². The van der Waals surface area contributed by atoms with Crippen LogP contribution in [0.1, 0.15) is 32.6 Å². The second-order valence-electron chi connectivity index (χ2n) is 5.93. The predicted molar refractivity (Wildman–Crippen MR) is 78.8 cm³/mol. The van der Waals surface area contributed by atoms with Gasteiger partial charge in [0.2, 0.25) is 0 Å². The fraction of sp³-hybridized carbons (Fsp3) is 0.750. The summed E-state index contributed by atoms with van der Waals surface area (Å²) in [7, 11) is -3.34. The summed E-state index contributed by atoms with van der Waals surface area (Å²) in [6.07, 6.45) is 2.67. The molecule has 3 rings (SSSR count). The second kappa shape index (κ2) is 4.57. The molecule has 0 bridgehead atoms. The summed E-state index contributed by atoms with van der Waals surface area (Å²) in [6.45, 7) is 3.07. The van der Waals surface area contributed by atoms with Gasteiger partial charge in [0.25, 0.3) is 0 Å². The van der Waals surface area contributed by atoms with E-state index in [4.69, 9.17) is 5.73 Å². The molecule has 1 aliphatic heterocycles. The van der Waals surface area contributed by atoms with Crippen LogP contribution in [0.3, 0.4) is 0 Å². The Morgan fingerprint density at radius 3 is 2.55 bits per heavy atom. The van der Waals surface area contributed by atoms with Gasteiger partial charge in [-0.2, -0.15) is 4.37 Å². The highest BCUT2D eigenvalue weighted by Crippen LogP contribution is 2.43. The van der Waals surface area contributed by atoms with Crippen molar-refractivity contribution in [1.29, 1.82) is 0 Å². The lowest BCUT2D eigenvalue weighted by Crippen LogP contribution is -2.42. The monoisotopic (exact) mass is 317 g/mol. The number of sulfone groups is 1. The van der Waals surface area contributed by atoms with Crippen LogP contribution in [0.2, 0.25) is 0 Å². The molecule has 112 valence electrons. The average molecular weight is 317 g/mol. The summed E-state index contributed by atoms with van der Waals surface area (Å²) in [6, 6.07) is 0. The normalized spacial score (nSPS) is 23.0. The molecule has 1 aromatic heterocycles. The van der Waals surface area contributed by atoms with Gasteiger partial charge in [-0.3, -0.25) is 0 Å². The molecule has 2 aliphatic rings. The van der Waals surface area contributed by atoms with Crippen molar-refractivity contribution >= 4 is 32.2 Å². The third-order valence-corrected chi connectivity index (χ3v) is 7.41. The van der Waals surface area contributed by atoms with Gasteiger partial charge >= 0.3 is 0 Å². The first-order valence-electron chi connectivity index (χ1n) is 6.78. The molecule has 1 saturated heterocycles. The first-order valence-corrected chi connectivity index (χ1v) is 9.10. The fourth-order valence-corrected chi connectivity index (χ4v) is 5.57. The molecule has 1 aromatic rings. The molecule has 0 spiro atoms. The molecule has 2 fully saturated rings. The Balaban J connectivity index is 1.92. The van der Waals surface area contributed by atoms with Crippen molar-refractivity contribution in [3.63, 3.8) is 0 Å². The summed E-state index contributed by atoms with van der Waals surface area (Å²) < 4.78 is 29.0. The van der Waals surface area contributed by atoms with Crippen molar-refractivity contribution in [3.05, 3.63) is 0 Å². The van der Waals surface area contributed by atoms with Gasteiger partial charge in [0.05, 0.1) is 10.9 Å². The molecule has 6 nitrogen and oxygen atoms in total. The zero-order valence-electron chi connectivity index (χ0n) is 11.4. The molecule has 1 aliphatic carbocycles. The maximum Gasteiger partial charge on any atom is 0.187 e. The molecule has 0 amide bonds. The third-order valence-electron chi connectivity index (χ3n) is 4.03. The van der Waals surface area contributed by atoms with E-state index < -0.39 is 15.4 Å². The summed E-state index contributed by atoms with van der Waals surface area (Å²) in [5, 5.41) is 10.3. The molecule has 0 unspecified atom stereocenters. The molecular weight excluding hydrogens is 298 g/mol. The number of aliphatic hydroxyl groups is 1. The minimum Gasteiger partial charge on any atom is -0.390 e. The SMILES string of the molecule is CC1(O)CCN(c2snc(N)c2S(=O)(=O)C2CC2)CC1. The second-order valence-corrected chi connectivity index (χ2v) is 8.85. The molecule has 20 heavy (non-hydrogen) atoms. The van der Waals surface area contributed by atoms with Gasteiger partial charge in [-0.15, -0.1) is 0 Å². The van der Waals surface area contributed by atoms with Crippen LogP contribution in [0.4, 0.5) is 10.8 Å². The highest BCUT2D eigenvalue weighted by atomic mass is 32.2. The van der Waals surface area contributed by atoms with Gasteiger partial charge in [-0.05, 0) is 44.1 Å². The summed E-state index contributed by atoms with van der Waals surface area (Å²) in [5.41, 5.74) is 5.13. The number of hydrogen-bond acceptors (Lipinski definition) is 7. The van der Waals surface area contributed by atoms with Crippen LogP contribution in [0.5, 0.6) is 0 Å². The first-order chi connectivity index (χ1) is 9.31. The lowest BCUT2D eigenvalue weighted by Gasteiger charge is -2.36. The molecule has 0 radical (unpaired) electrons. The highest BCUT2D eigenvalue weighted by Gasteiger charge is 2.42. The number of aromatic nitrogens is 1. The number of rotatable bonds is 3. The number of hydrogen-bond donors (Lipinski definition) is 2. The van der Waals surface area contributed by atoms with Gasteiger partial charge in [-0.25, -0.2) is 8.42 Å². The van der Waals surface area contributed by atoms with E-state index in [0.29, 0.717) is 43.8 Å². The lowest BCUT2D eigenvalue weighted by molar-refractivity contribution is 0.0352. The Labute approximate surface area is 122 Å². The maximum atomic E-state index is 12.5. The Morgan fingerprint density at radius 1 is 1.40 bits per heavy atom. The minimum atomic E-state index is -3.34. The van der Waals surface area contributed by atoms with Crippen molar-refractivity contribution in [1.82, 2.24) is 4.37 Å². The number of piperidine rings is 1. The molecule has 1 saturated carbocycles. The van der Waals surface area contributed by atoms with Crippen molar-refractivity contribution in [3.8, 4) is 0 Å². The highest BCUT2D eigenvalue weighted by molar-refractivity contribution is 7.92. The lowest BCUT2D eigenvalue weighted by atomic mass is 9.94. The number of nitrogens with zero attached hydrogens (tertiary/aromatic N) is 2. The van der Waals surface area contributed by atoms with Crippen LogP contribution >= 0.6 is 11.5 Å². The zero-order valence-corrected chi connectivity index (χ0v) is 13.0. The largest absolute Gasteiger partial charge is 0.390 e. The number of nitrogen functional groups attached to an aromatic ring is 1. The van der Waals surface area contributed by atoms with Crippen LogP contribution in [0, 0.1) is 0 Å². The van der Waals surface area contributed by atoms with Crippen molar-refractivity contribution in [2.45, 2.75) is 48.4 Å². The molecule has 2 heterocycles. The fourth-order valence-electron chi connectivity index (χ4n) is 2.49. The maximum absolute atomic E-state index is 12.5. The quantitative estimate of drug-likeness (QED) is 0.864. The van der Waals surface area contributed by atoms with Crippen LogP contribution < -0.4 is 10.6 Å². The smallest absolute Gasteiger partial charge is 0.187 e. The van der Waals surface area contributed by atoms with E-state index in [9.17, 15) is 13.5 Å². The van der Waals surface area contributed by atoms with Crippen molar-refractivity contribution < 1.29 is 13.5 Å². The third kappa shape index (κ3) is 2.40. The molecule has 8 heteroatoms. The summed E-state index contributed by atoms with van der Waals surface area (Å²) in [4.78, 5) is 2.20. The molecular formula is C12H19N3O3S2. The summed E-state index contributed by atoms with van der Waals surface area (Å²) in [5.74, 6) is 0.120. The van der Waals surface area contributed by atoms with Crippen LogP contribution in [0.15, 0.2) is 4.90 Å².